The first kappa shape index (κ1) is 15.9. The number of amides is 1. The molecule has 0 aliphatic heterocycles. The van der Waals surface area contributed by atoms with Gasteiger partial charge in [0.15, 0.2) is 5.82 Å². The molecule has 0 fully saturated rings. The third-order valence-corrected chi connectivity index (χ3v) is 3.67. The first-order valence-electron chi connectivity index (χ1n) is 6.17. The number of carbonyl (C=O) groups excluding carboxylic acids is 1. The van der Waals surface area contributed by atoms with Crippen LogP contribution in [0.25, 0.3) is 0 Å². The number of nitrogens with one attached hydrogen (secondary N) is 1. The predicted octanol–water partition coefficient (Wildman–Crippen LogP) is 2.01. The van der Waals surface area contributed by atoms with E-state index in [9.17, 15) is 9.18 Å². The zero-order chi connectivity index (χ0) is 14.4. The lowest BCUT2D eigenvalue weighted by Gasteiger charge is -2.24. The monoisotopic (exact) mass is 331 g/mol. The standard InChI is InChI=1S/C13H19BrFN3O/c1-3-6-18(8-11(19)17-2)10-5-4-9(7-16)12(14)13(10)15/h4-5H,3,6-8,16H2,1-2H3,(H,17,19). The number of carbonyl (C=O) groups is 1. The molecule has 0 spiro atoms. The molecule has 106 valence electrons. The Morgan fingerprint density at radius 1 is 1.53 bits per heavy atom. The van der Waals surface area contributed by atoms with Crippen LogP contribution < -0.4 is 16.0 Å². The number of halogens is 2. The lowest BCUT2D eigenvalue weighted by molar-refractivity contribution is -0.119. The van der Waals surface area contributed by atoms with Gasteiger partial charge in [0.05, 0.1) is 16.7 Å². The van der Waals surface area contributed by atoms with Crippen LogP contribution in [0.2, 0.25) is 0 Å². The maximum Gasteiger partial charge on any atom is 0.239 e. The van der Waals surface area contributed by atoms with Crippen molar-refractivity contribution in [3.05, 3.63) is 28.0 Å². The molecule has 4 nitrogen and oxygen atoms in total. The lowest BCUT2D eigenvalue weighted by Crippen LogP contribution is -2.36. The van der Waals surface area contributed by atoms with E-state index in [1.807, 2.05) is 6.92 Å². The lowest BCUT2D eigenvalue weighted by atomic mass is 10.1. The van der Waals surface area contributed by atoms with Gasteiger partial charge in [0.25, 0.3) is 0 Å². The van der Waals surface area contributed by atoms with E-state index in [1.165, 1.54) is 0 Å². The third-order valence-electron chi connectivity index (χ3n) is 2.81. The second-order valence-corrected chi connectivity index (χ2v) is 4.96. The molecule has 0 unspecified atom stereocenters. The first-order valence-corrected chi connectivity index (χ1v) is 6.96. The predicted molar refractivity (Wildman–Crippen MR) is 78.6 cm³/mol. The fourth-order valence-electron chi connectivity index (χ4n) is 1.79. The maximum atomic E-state index is 14.3. The second-order valence-electron chi connectivity index (χ2n) is 4.17. The van der Waals surface area contributed by atoms with Gasteiger partial charge in [-0.15, -0.1) is 0 Å². The molecule has 19 heavy (non-hydrogen) atoms. The first-order chi connectivity index (χ1) is 9.04. The maximum absolute atomic E-state index is 14.3. The highest BCUT2D eigenvalue weighted by Gasteiger charge is 2.17. The van der Waals surface area contributed by atoms with Gasteiger partial charge in [-0.05, 0) is 34.0 Å². The highest BCUT2D eigenvalue weighted by atomic mass is 79.9. The van der Waals surface area contributed by atoms with Crippen molar-refractivity contribution in [2.45, 2.75) is 19.9 Å². The number of benzene rings is 1. The van der Waals surface area contributed by atoms with Gasteiger partial charge in [-0.25, -0.2) is 4.39 Å². The summed E-state index contributed by atoms with van der Waals surface area (Å²) < 4.78 is 14.7. The summed E-state index contributed by atoms with van der Waals surface area (Å²) in [5, 5.41) is 2.55. The van der Waals surface area contributed by atoms with Crippen LogP contribution in [0.3, 0.4) is 0 Å². The van der Waals surface area contributed by atoms with Gasteiger partial charge in [0.2, 0.25) is 5.91 Å². The van der Waals surface area contributed by atoms with E-state index in [0.717, 1.165) is 6.42 Å². The highest BCUT2D eigenvalue weighted by Crippen LogP contribution is 2.29. The van der Waals surface area contributed by atoms with E-state index in [0.29, 0.717) is 22.3 Å². The van der Waals surface area contributed by atoms with Gasteiger partial charge >= 0.3 is 0 Å². The van der Waals surface area contributed by atoms with Crippen molar-refractivity contribution >= 4 is 27.5 Å². The van der Waals surface area contributed by atoms with Crippen LogP contribution in [0.4, 0.5) is 10.1 Å². The molecule has 3 N–H and O–H groups in total. The van der Waals surface area contributed by atoms with Gasteiger partial charge in [-0.3, -0.25) is 4.79 Å². The van der Waals surface area contributed by atoms with Crippen molar-refractivity contribution in [1.82, 2.24) is 5.32 Å². The molecule has 0 aliphatic rings. The summed E-state index contributed by atoms with van der Waals surface area (Å²) in [7, 11) is 1.57. The van der Waals surface area contributed by atoms with Gasteiger partial charge < -0.3 is 16.0 Å². The van der Waals surface area contributed by atoms with Crippen molar-refractivity contribution in [3.8, 4) is 0 Å². The van der Waals surface area contributed by atoms with E-state index >= 15 is 0 Å². The number of anilines is 1. The Bertz CT molecular complexity index is 454. The van der Waals surface area contributed by atoms with Gasteiger partial charge in [-0.2, -0.15) is 0 Å². The van der Waals surface area contributed by atoms with E-state index < -0.39 is 0 Å². The molecule has 6 heteroatoms. The SMILES string of the molecule is CCCN(CC(=O)NC)c1ccc(CN)c(Br)c1F. The van der Waals surface area contributed by atoms with Crippen molar-refractivity contribution in [2.75, 3.05) is 25.0 Å². The summed E-state index contributed by atoms with van der Waals surface area (Å²) >= 11 is 3.21. The van der Waals surface area contributed by atoms with Crippen LogP contribution in [-0.4, -0.2) is 26.0 Å². The molecule has 0 saturated heterocycles. The molecule has 0 radical (unpaired) electrons. The number of nitrogens with zero attached hydrogens (tertiary/aromatic N) is 1. The smallest absolute Gasteiger partial charge is 0.239 e. The number of nitrogens with two attached hydrogens (primary N) is 1. The molecule has 1 amide bonds. The Kier molecular flexibility index (Phi) is 6.24. The normalized spacial score (nSPS) is 10.4. The van der Waals surface area contributed by atoms with Gasteiger partial charge in [-0.1, -0.05) is 13.0 Å². The van der Waals surface area contributed by atoms with Gasteiger partial charge in [0.1, 0.15) is 0 Å². The van der Waals surface area contributed by atoms with Crippen molar-refractivity contribution in [2.24, 2.45) is 5.73 Å². The van der Waals surface area contributed by atoms with Crippen LogP contribution in [0.5, 0.6) is 0 Å². The molecule has 0 aliphatic carbocycles. The Labute approximate surface area is 121 Å². The van der Waals surface area contributed by atoms with Gasteiger partial charge in [0, 0.05) is 20.1 Å². The molecule has 1 aromatic carbocycles. The Hall–Kier alpha value is -1.14. The molecule has 0 heterocycles. The number of hydrogen-bond acceptors (Lipinski definition) is 3. The summed E-state index contributed by atoms with van der Waals surface area (Å²) in [5.74, 6) is -0.521. The van der Waals surface area contributed by atoms with E-state index in [-0.39, 0.29) is 24.8 Å². The summed E-state index contributed by atoms with van der Waals surface area (Å²) in [4.78, 5) is 13.2. The summed E-state index contributed by atoms with van der Waals surface area (Å²) in [6, 6.07) is 3.44. The van der Waals surface area contributed by atoms with Crippen LogP contribution in [0.1, 0.15) is 18.9 Å². The van der Waals surface area contributed by atoms with Crippen molar-refractivity contribution in [3.63, 3.8) is 0 Å². The summed E-state index contributed by atoms with van der Waals surface area (Å²) in [6.45, 7) is 2.99. The number of likely N-dealkylation sites (N-methyl/N-ethyl adjacent to an activating group) is 1. The third kappa shape index (κ3) is 3.91. The van der Waals surface area contributed by atoms with Crippen molar-refractivity contribution < 1.29 is 9.18 Å². The quantitative estimate of drug-likeness (QED) is 0.838. The molecular formula is C13H19BrFN3O. The minimum atomic E-state index is -0.375. The molecule has 0 aromatic heterocycles. The Balaban J connectivity index is 3.08. The van der Waals surface area contributed by atoms with Crippen LogP contribution in [0.15, 0.2) is 16.6 Å². The molecule has 0 bridgehead atoms. The Morgan fingerprint density at radius 2 is 2.21 bits per heavy atom. The highest BCUT2D eigenvalue weighted by molar-refractivity contribution is 9.10. The fourth-order valence-corrected chi connectivity index (χ4v) is 2.29. The molecular weight excluding hydrogens is 313 g/mol. The largest absolute Gasteiger partial charge is 0.360 e. The zero-order valence-electron chi connectivity index (χ0n) is 11.2. The molecule has 1 aromatic rings. The average Bonchev–Trinajstić information content (AvgIpc) is 2.41. The topological polar surface area (TPSA) is 58.4 Å². The minimum Gasteiger partial charge on any atom is -0.360 e. The second kappa shape index (κ2) is 7.45. The number of hydrogen-bond donors (Lipinski definition) is 2. The number of rotatable bonds is 6. The molecule has 1 rings (SSSR count). The average molecular weight is 332 g/mol. The van der Waals surface area contributed by atoms with E-state index in [4.69, 9.17) is 5.73 Å². The van der Waals surface area contributed by atoms with Crippen LogP contribution in [-0.2, 0) is 11.3 Å². The minimum absolute atomic E-state index is 0.135. The summed E-state index contributed by atoms with van der Waals surface area (Å²) in [6.07, 6.45) is 0.826. The molecule has 0 saturated carbocycles. The van der Waals surface area contributed by atoms with Crippen LogP contribution in [0, 0.1) is 5.82 Å². The van der Waals surface area contributed by atoms with Crippen molar-refractivity contribution in [1.29, 1.82) is 0 Å². The Morgan fingerprint density at radius 3 is 2.74 bits per heavy atom. The fraction of sp³-hybridized carbons (Fsp3) is 0.462. The van der Waals surface area contributed by atoms with Crippen LogP contribution >= 0.6 is 15.9 Å². The van der Waals surface area contributed by atoms with E-state index in [2.05, 4.69) is 21.2 Å². The zero-order valence-corrected chi connectivity index (χ0v) is 12.8. The van der Waals surface area contributed by atoms with E-state index in [1.54, 1.807) is 24.1 Å². The molecule has 0 atom stereocenters. The summed E-state index contributed by atoms with van der Waals surface area (Å²) in [5.41, 5.74) is 6.65.